The molecule has 0 aromatic heterocycles. The lowest BCUT2D eigenvalue weighted by Gasteiger charge is -2.25. The smallest absolute Gasteiger partial charge is 0.0558 e. The van der Waals surface area contributed by atoms with E-state index in [2.05, 4.69) is 16.8 Å². The molecule has 1 saturated carbocycles. The summed E-state index contributed by atoms with van der Waals surface area (Å²) in [7, 11) is 2.24. The van der Waals surface area contributed by atoms with Crippen LogP contribution >= 0.6 is 0 Å². The predicted octanol–water partition coefficient (Wildman–Crippen LogP) is 0.927. The van der Waals surface area contributed by atoms with Crippen LogP contribution in [0.1, 0.15) is 32.1 Å². The van der Waals surface area contributed by atoms with E-state index in [0.29, 0.717) is 6.61 Å². The summed E-state index contributed by atoms with van der Waals surface area (Å²) in [5.74, 6) is 0. The SMILES string of the molecule is CN1CCCC1CCN(CCO)C1CC1. The van der Waals surface area contributed by atoms with Gasteiger partial charge in [-0.15, -0.1) is 0 Å². The van der Waals surface area contributed by atoms with E-state index in [1.165, 1.54) is 45.2 Å². The van der Waals surface area contributed by atoms with Crippen LogP contribution in [-0.2, 0) is 0 Å². The van der Waals surface area contributed by atoms with E-state index < -0.39 is 0 Å². The third-order valence-electron chi connectivity index (χ3n) is 3.87. The van der Waals surface area contributed by atoms with Crippen molar-refractivity contribution in [3.05, 3.63) is 0 Å². The molecule has 2 aliphatic rings. The maximum absolute atomic E-state index is 9.01. The number of hydrogen-bond donors (Lipinski definition) is 1. The zero-order valence-corrected chi connectivity index (χ0v) is 9.86. The molecular weight excluding hydrogens is 188 g/mol. The Hall–Kier alpha value is -0.120. The molecule has 15 heavy (non-hydrogen) atoms. The molecule has 3 heteroatoms. The number of likely N-dealkylation sites (tertiary alicyclic amines) is 1. The number of nitrogens with zero attached hydrogens (tertiary/aromatic N) is 2. The van der Waals surface area contributed by atoms with Crippen LogP contribution in [0.4, 0.5) is 0 Å². The summed E-state index contributed by atoms with van der Waals surface area (Å²) in [4.78, 5) is 4.97. The van der Waals surface area contributed by atoms with Crippen molar-refractivity contribution in [2.45, 2.75) is 44.2 Å². The number of aliphatic hydroxyl groups excluding tert-OH is 1. The van der Waals surface area contributed by atoms with E-state index in [1.807, 2.05) is 0 Å². The Kier molecular flexibility index (Phi) is 4.00. The lowest BCUT2D eigenvalue weighted by Crippen LogP contribution is -2.34. The Balaban J connectivity index is 1.70. The van der Waals surface area contributed by atoms with Crippen LogP contribution in [0.5, 0.6) is 0 Å². The van der Waals surface area contributed by atoms with Gasteiger partial charge in [-0.2, -0.15) is 0 Å². The van der Waals surface area contributed by atoms with E-state index in [1.54, 1.807) is 0 Å². The van der Waals surface area contributed by atoms with E-state index in [9.17, 15) is 0 Å². The first-order valence-electron chi connectivity index (χ1n) is 6.36. The monoisotopic (exact) mass is 212 g/mol. The van der Waals surface area contributed by atoms with Gasteiger partial charge in [0.05, 0.1) is 6.61 Å². The van der Waals surface area contributed by atoms with Crippen molar-refractivity contribution in [2.75, 3.05) is 33.3 Å². The molecule has 0 aromatic carbocycles. The molecule has 1 heterocycles. The minimum absolute atomic E-state index is 0.316. The molecule has 1 N–H and O–H groups in total. The fraction of sp³-hybridized carbons (Fsp3) is 1.00. The van der Waals surface area contributed by atoms with Crippen molar-refractivity contribution in [1.82, 2.24) is 9.80 Å². The van der Waals surface area contributed by atoms with Crippen molar-refractivity contribution in [3.63, 3.8) is 0 Å². The van der Waals surface area contributed by atoms with Crippen molar-refractivity contribution in [1.29, 1.82) is 0 Å². The Labute approximate surface area is 93.1 Å². The number of rotatable bonds is 6. The highest BCUT2D eigenvalue weighted by Crippen LogP contribution is 2.27. The summed E-state index contributed by atoms with van der Waals surface area (Å²) in [6, 6.07) is 1.59. The first-order chi connectivity index (χ1) is 7.31. The second-order valence-electron chi connectivity index (χ2n) is 5.06. The maximum atomic E-state index is 9.01. The summed E-state index contributed by atoms with van der Waals surface area (Å²) >= 11 is 0. The molecule has 3 nitrogen and oxygen atoms in total. The van der Waals surface area contributed by atoms with E-state index in [4.69, 9.17) is 5.11 Å². The van der Waals surface area contributed by atoms with Crippen molar-refractivity contribution in [2.24, 2.45) is 0 Å². The van der Waals surface area contributed by atoms with Gasteiger partial charge in [0.1, 0.15) is 0 Å². The standard InChI is InChI=1S/C12H24N2O/c1-13-7-2-3-11(13)6-8-14(9-10-15)12-4-5-12/h11-12,15H,2-10H2,1H3. The lowest BCUT2D eigenvalue weighted by atomic mass is 10.1. The number of hydrogen-bond acceptors (Lipinski definition) is 3. The molecule has 0 bridgehead atoms. The quantitative estimate of drug-likeness (QED) is 0.709. The van der Waals surface area contributed by atoms with Crippen LogP contribution in [0.25, 0.3) is 0 Å². The second-order valence-corrected chi connectivity index (χ2v) is 5.06. The molecule has 88 valence electrons. The van der Waals surface area contributed by atoms with Gasteiger partial charge < -0.3 is 10.0 Å². The molecule has 1 saturated heterocycles. The van der Waals surface area contributed by atoms with Gasteiger partial charge in [0.2, 0.25) is 0 Å². The van der Waals surface area contributed by atoms with Crippen LogP contribution in [0.2, 0.25) is 0 Å². The largest absolute Gasteiger partial charge is 0.395 e. The topological polar surface area (TPSA) is 26.7 Å². The molecule has 2 rings (SSSR count). The van der Waals surface area contributed by atoms with Gasteiger partial charge in [0, 0.05) is 25.2 Å². The van der Waals surface area contributed by atoms with Gasteiger partial charge in [-0.3, -0.25) is 4.90 Å². The molecule has 1 aliphatic heterocycles. The van der Waals surface area contributed by atoms with Crippen LogP contribution < -0.4 is 0 Å². The molecule has 0 amide bonds. The maximum Gasteiger partial charge on any atom is 0.0558 e. The minimum Gasteiger partial charge on any atom is -0.395 e. The first-order valence-corrected chi connectivity index (χ1v) is 6.36. The molecule has 0 aromatic rings. The summed E-state index contributed by atoms with van der Waals surface area (Å²) in [6.45, 7) is 3.65. The average Bonchev–Trinajstić information content (AvgIpc) is 2.98. The van der Waals surface area contributed by atoms with E-state index in [0.717, 1.165) is 18.6 Å². The molecular formula is C12H24N2O. The average molecular weight is 212 g/mol. The van der Waals surface area contributed by atoms with Crippen LogP contribution in [-0.4, -0.2) is 60.3 Å². The summed E-state index contributed by atoms with van der Waals surface area (Å²) in [5, 5.41) is 9.01. The third kappa shape index (κ3) is 3.16. The van der Waals surface area contributed by atoms with Gasteiger partial charge in [0.25, 0.3) is 0 Å². The highest BCUT2D eigenvalue weighted by Gasteiger charge is 2.29. The normalized spacial score (nSPS) is 27.8. The Morgan fingerprint density at radius 1 is 1.27 bits per heavy atom. The predicted molar refractivity (Wildman–Crippen MR) is 61.9 cm³/mol. The summed E-state index contributed by atoms with van der Waals surface area (Å²) in [5.41, 5.74) is 0. The Morgan fingerprint density at radius 3 is 2.60 bits per heavy atom. The lowest BCUT2D eigenvalue weighted by molar-refractivity contribution is 0.172. The van der Waals surface area contributed by atoms with Crippen LogP contribution in [0.3, 0.4) is 0 Å². The van der Waals surface area contributed by atoms with Gasteiger partial charge in [0.15, 0.2) is 0 Å². The molecule has 0 radical (unpaired) electrons. The highest BCUT2D eigenvalue weighted by atomic mass is 16.3. The molecule has 0 spiro atoms. The zero-order valence-electron chi connectivity index (χ0n) is 9.86. The van der Waals surface area contributed by atoms with E-state index in [-0.39, 0.29) is 0 Å². The van der Waals surface area contributed by atoms with Gasteiger partial charge in [-0.05, 0) is 45.7 Å². The molecule has 1 aliphatic carbocycles. The fourth-order valence-electron chi connectivity index (χ4n) is 2.70. The van der Waals surface area contributed by atoms with Crippen molar-refractivity contribution in [3.8, 4) is 0 Å². The second kappa shape index (κ2) is 5.28. The van der Waals surface area contributed by atoms with Crippen molar-refractivity contribution >= 4 is 0 Å². The van der Waals surface area contributed by atoms with Gasteiger partial charge in [-0.1, -0.05) is 0 Å². The fourth-order valence-corrected chi connectivity index (χ4v) is 2.70. The van der Waals surface area contributed by atoms with Crippen molar-refractivity contribution < 1.29 is 5.11 Å². The molecule has 1 atom stereocenters. The highest BCUT2D eigenvalue weighted by molar-refractivity contribution is 4.86. The number of aliphatic hydroxyl groups is 1. The Morgan fingerprint density at radius 2 is 2.07 bits per heavy atom. The van der Waals surface area contributed by atoms with Gasteiger partial charge in [-0.25, -0.2) is 0 Å². The molecule has 1 unspecified atom stereocenters. The third-order valence-corrected chi connectivity index (χ3v) is 3.87. The van der Waals surface area contributed by atoms with Crippen LogP contribution in [0, 0.1) is 0 Å². The summed E-state index contributed by atoms with van der Waals surface area (Å²) < 4.78 is 0. The van der Waals surface area contributed by atoms with Gasteiger partial charge >= 0.3 is 0 Å². The molecule has 2 fully saturated rings. The Bertz CT molecular complexity index is 194. The first kappa shape index (κ1) is 11.4. The van der Waals surface area contributed by atoms with E-state index >= 15 is 0 Å². The zero-order chi connectivity index (χ0) is 10.7. The minimum atomic E-state index is 0.316. The summed E-state index contributed by atoms with van der Waals surface area (Å²) in [6.07, 6.45) is 6.72. The van der Waals surface area contributed by atoms with Crippen LogP contribution in [0.15, 0.2) is 0 Å².